The highest BCUT2D eigenvalue weighted by molar-refractivity contribution is 6.04. The summed E-state index contributed by atoms with van der Waals surface area (Å²) in [5, 5.41) is 5.65. The van der Waals surface area contributed by atoms with E-state index in [1.54, 1.807) is 18.2 Å². The molecule has 1 amide bonds. The lowest BCUT2D eigenvalue weighted by molar-refractivity contribution is -0.137. The van der Waals surface area contributed by atoms with Crippen LogP contribution in [0.3, 0.4) is 0 Å². The minimum absolute atomic E-state index is 0.0521. The predicted octanol–water partition coefficient (Wildman–Crippen LogP) is 3.45. The van der Waals surface area contributed by atoms with Crippen LogP contribution in [0.5, 0.6) is 5.75 Å². The molecule has 5 nitrogen and oxygen atoms in total. The number of fused-ring (bicyclic) bond motifs is 1. The summed E-state index contributed by atoms with van der Waals surface area (Å²) in [5.41, 5.74) is -0.739. The minimum Gasteiger partial charge on any atom is -0.480 e. The molecule has 2 aromatic carbocycles. The number of nitrogens with one attached hydrogen (secondary N) is 2. The summed E-state index contributed by atoms with van der Waals surface area (Å²) >= 11 is 0. The smallest absolute Gasteiger partial charge is 0.417 e. The summed E-state index contributed by atoms with van der Waals surface area (Å²) in [6.07, 6.45) is -3.84. The number of carbonyl (C=O) groups is 2. The van der Waals surface area contributed by atoms with Crippen LogP contribution in [0.15, 0.2) is 48.5 Å². The highest BCUT2D eigenvalue weighted by Crippen LogP contribution is 2.31. The fourth-order valence-corrected chi connectivity index (χ4v) is 3.12. The van der Waals surface area contributed by atoms with E-state index in [0.717, 1.165) is 12.1 Å². The summed E-state index contributed by atoms with van der Waals surface area (Å²) in [7, 11) is 0. The van der Waals surface area contributed by atoms with Crippen LogP contribution in [0.1, 0.15) is 39.1 Å². The average Bonchev–Trinajstić information content (AvgIpc) is 3.02. The molecular weight excluding hydrogens is 385 g/mol. The number of carbonyl (C=O) groups excluding carboxylic acids is 2. The van der Waals surface area contributed by atoms with Crippen molar-refractivity contribution in [3.8, 4) is 5.75 Å². The van der Waals surface area contributed by atoms with Gasteiger partial charge in [-0.25, -0.2) is 0 Å². The van der Waals surface area contributed by atoms with Crippen LogP contribution >= 0.6 is 0 Å². The zero-order chi connectivity index (χ0) is 20.9. The first-order valence-electron chi connectivity index (χ1n) is 9.33. The van der Waals surface area contributed by atoms with Gasteiger partial charge in [-0.05, 0) is 43.7 Å². The number of ketones is 1. The summed E-state index contributed by atoms with van der Waals surface area (Å²) in [6.45, 7) is 1.23. The molecule has 8 heteroatoms. The molecule has 3 rings (SSSR count). The number of amides is 1. The predicted molar refractivity (Wildman–Crippen MR) is 101 cm³/mol. The number of hydrogen-bond donors (Lipinski definition) is 2. The molecule has 29 heavy (non-hydrogen) atoms. The van der Waals surface area contributed by atoms with Gasteiger partial charge in [-0.1, -0.05) is 24.3 Å². The summed E-state index contributed by atoms with van der Waals surface area (Å²) in [6, 6.07) is 11.8. The second-order valence-corrected chi connectivity index (χ2v) is 6.68. The second kappa shape index (κ2) is 9.09. The van der Waals surface area contributed by atoms with Crippen molar-refractivity contribution in [2.45, 2.75) is 25.1 Å². The molecule has 0 spiro atoms. The van der Waals surface area contributed by atoms with Gasteiger partial charge >= 0.3 is 6.18 Å². The third kappa shape index (κ3) is 5.14. The number of unbranched alkanes of at least 4 members (excludes halogenated alkanes) is 1. The minimum atomic E-state index is -4.57. The molecule has 0 saturated heterocycles. The van der Waals surface area contributed by atoms with Gasteiger partial charge in [0.05, 0.1) is 16.7 Å². The SMILES string of the molecule is O=C(NCCCCNCC1Oc2ccccc2C1=O)c1ccccc1C(F)(F)F. The molecule has 154 valence electrons. The molecule has 1 aliphatic heterocycles. The van der Waals surface area contributed by atoms with Gasteiger partial charge in [0.1, 0.15) is 5.75 Å². The molecule has 0 radical (unpaired) electrons. The Bertz CT molecular complexity index is 883. The Balaban J connectivity index is 1.34. The Morgan fingerprint density at radius 2 is 1.69 bits per heavy atom. The number of rotatable bonds is 8. The maximum absolute atomic E-state index is 13.0. The largest absolute Gasteiger partial charge is 0.480 e. The van der Waals surface area contributed by atoms with Crippen LogP contribution in [0.25, 0.3) is 0 Å². The Morgan fingerprint density at radius 1 is 1.00 bits per heavy atom. The van der Waals surface area contributed by atoms with Crippen molar-refractivity contribution >= 4 is 11.7 Å². The van der Waals surface area contributed by atoms with Gasteiger partial charge in [0.15, 0.2) is 6.10 Å². The van der Waals surface area contributed by atoms with Gasteiger partial charge in [0, 0.05) is 13.1 Å². The van der Waals surface area contributed by atoms with E-state index < -0.39 is 23.8 Å². The number of hydrogen-bond acceptors (Lipinski definition) is 4. The molecule has 0 aliphatic carbocycles. The van der Waals surface area contributed by atoms with E-state index in [9.17, 15) is 22.8 Å². The van der Waals surface area contributed by atoms with Crippen molar-refractivity contribution in [2.75, 3.05) is 19.6 Å². The topological polar surface area (TPSA) is 67.4 Å². The molecular formula is C21H21F3N2O3. The number of benzene rings is 2. The lowest BCUT2D eigenvalue weighted by Crippen LogP contribution is -2.34. The fourth-order valence-electron chi connectivity index (χ4n) is 3.12. The average molecular weight is 406 g/mol. The second-order valence-electron chi connectivity index (χ2n) is 6.68. The van der Waals surface area contributed by atoms with Crippen molar-refractivity contribution in [1.29, 1.82) is 0 Å². The number of Topliss-reactive ketones (excluding diaryl/α,β-unsaturated/α-hetero) is 1. The van der Waals surface area contributed by atoms with Crippen molar-refractivity contribution in [1.82, 2.24) is 10.6 Å². The number of halogens is 3. The van der Waals surface area contributed by atoms with Crippen LogP contribution in [-0.4, -0.2) is 37.4 Å². The number of alkyl halides is 3. The van der Waals surface area contributed by atoms with Gasteiger partial charge in [0.2, 0.25) is 5.78 Å². The van der Waals surface area contributed by atoms with Gasteiger partial charge in [-0.2, -0.15) is 13.2 Å². The maximum Gasteiger partial charge on any atom is 0.417 e. The van der Waals surface area contributed by atoms with Gasteiger partial charge < -0.3 is 15.4 Å². The van der Waals surface area contributed by atoms with Crippen LogP contribution in [0, 0.1) is 0 Å². The molecule has 2 aromatic rings. The highest BCUT2D eigenvalue weighted by atomic mass is 19.4. The molecule has 2 N–H and O–H groups in total. The van der Waals surface area contributed by atoms with Crippen LogP contribution < -0.4 is 15.4 Å². The lowest BCUT2D eigenvalue weighted by Gasteiger charge is -2.13. The molecule has 1 aliphatic rings. The quantitative estimate of drug-likeness (QED) is 0.659. The molecule has 0 bridgehead atoms. The van der Waals surface area contributed by atoms with Crippen LogP contribution in [0.2, 0.25) is 0 Å². The number of para-hydroxylation sites is 1. The Labute approximate surface area is 166 Å². The van der Waals surface area contributed by atoms with E-state index >= 15 is 0 Å². The van der Waals surface area contributed by atoms with Crippen molar-refractivity contribution < 1.29 is 27.5 Å². The Hall–Kier alpha value is -2.87. The molecule has 1 heterocycles. The molecule has 0 saturated carbocycles. The first-order chi connectivity index (χ1) is 13.9. The molecule has 1 atom stereocenters. The van der Waals surface area contributed by atoms with Gasteiger partial charge in [-0.3, -0.25) is 9.59 Å². The van der Waals surface area contributed by atoms with Crippen molar-refractivity contribution in [2.24, 2.45) is 0 Å². The fraction of sp³-hybridized carbons (Fsp3) is 0.333. The van der Waals surface area contributed by atoms with E-state index in [2.05, 4.69) is 10.6 Å². The van der Waals surface area contributed by atoms with Crippen molar-refractivity contribution in [3.05, 3.63) is 65.2 Å². The number of ether oxygens (including phenoxy) is 1. The van der Waals surface area contributed by atoms with E-state index in [1.807, 2.05) is 6.07 Å². The normalized spacial score (nSPS) is 15.7. The van der Waals surface area contributed by atoms with Crippen LogP contribution in [-0.2, 0) is 6.18 Å². The van der Waals surface area contributed by atoms with E-state index in [-0.39, 0.29) is 17.9 Å². The Kier molecular flexibility index (Phi) is 6.53. The lowest BCUT2D eigenvalue weighted by atomic mass is 10.1. The van der Waals surface area contributed by atoms with E-state index in [1.165, 1.54) is 12.1 Å². The van der Waals surface area contributed by atoms with Crippen molar-refractivity contribution in [3.63, 3.8) is 0 Å². The summed E-state index contributed by atoms with van der Waals surface area (Å²) in [5.74, 6) is -0.205. The Morgan fingerprint density at radius 3 is 2.45 bits per heavy atom. The maximum atomic E-state index is 13.0. The third-order valence-electron chi connectivity index (χ3n) is 4.59. The molecule has 0 fully saturated rings. The summed E-state index contributed by atoms with van der Waals surface area (Å²) in [4.78, 5) is 24.2. The van der Waals surface area contributed by atoms with Crippen LogP contribution in [0.4, 0.5) is 13.2 Å². The highest BCUT2D eigenvalue weighted by Gasteiger charge is 2.34. The first kappa shape index (κ1) is 20.9. The summed E-state index contributed by atoms with van der Waals surface area (Å²) < 4.78 is 44.5. The monoisotopic (exact) mass is 406 g/mol. The molecule has 1 unspecified atom stereocenters. The zero-order valence-electron chi connectivity index (χ0n) is 15.6. The molecule has 0 aromatic heterocycles. The standard InChI is InChI=1S/C21H21F3N2O3/c22-21(23,24)16-9-3-1-7-14(16)20(28)26-12-6-5-11-25-13-18-19(27)15-8-2-4-10-17(15)29-18/h1-4,7-10,18,25H,5-6,11-13H2,(H,26,28). The first-order valence-corrected chi connectivity index (χ1v) is 9.33. The third-order valence-corrected chi connectivity index (χ3v) is 4.59. The van der Waals surface area contributed by atoms with E-state index in [0.29, 0.717) is 37.2 Å². The van der Waals surface area contributed by atoms with E-state index in [4.69, 9.17) is 4.74 Å². The zero-order valence-corrected chi connectivity index (χ0v) is 15.6. The van der Waals surface area contributed by atoms with Gasteiger partial charge in [0.25, 0.3) is 5.91 Å². The van der Waals surface area contributed by atoms with Gasteiger partial charge in [-0.15, -0.1) is 0 Å².